The van der Waals surface area contributed by atoms with Gasteiger partial charge >= 0.3 is 0 Å². The van der Waals surface area contributed by atoms with Crippen LogP contribution < -0.4 is 4.90 Å². The highest BCUT2D eigenvalue weighted by Gasteiger charge is 2.35. The summed E-state index contributed by atoms with van der Waals surface area (Å²) >= 11 is 0. The van der Waals surface area contributed by atoms with Gasteiger partial charge in [0, 0.05) is 51.0 Å². The van der Waals surface area contributed by atoms with E-state index in [9.17, 15) is 8.42 Å². The van der Waals surface area contributed by atoms with Gasteiger partial charge in [-0.1, -0.05) is 19.3 Å². The Morgan fingerprint density at radius 2 is 1.81 bits per heavy atom. The number of piperazine rings is 1. The van der Waals surface area contributed by atoms with Gasteiger partial charge in [0.05, 0.1) is 0 Å². The van der Waals surface area contributed by atoms with E-state index in [2.05, 4.69) is 20.0 Å². The average molecular weight is 394 g/mol. The SMILES string of the molecule is Cc1cc(N2CCN(S(=O)(=O)N(C)C3CCCCC3)CC2)n2ncnc2n1. The Morgan fingerprint density at radius 1 is 1.11 bits per heavy atom. The van der Waals surface area contributed by atoms with Gasteiger partial charge in [0.2, 0.25) is 0 Å². The van der Waals surface area contributed by atoms with Crippen molar-refractivity contribution in [1.82, 2.24) is 28.2 Å². The van der Waals surface area contributed by atoms with Crippen molar-refractivity contribution >= 4 is 21.8 Å². The standard InChI is InChI=1S/C17H27N7O2S/c1-14-12-16(24-17(20-14)18-13-19-24)22-8-10-23(11-9-22)27(25,26)21(2)15-6-4-3-5-7-15/h12-13,15H,3-11H2,1-2H3. The molecule has 10 heteroatoms. The van der Waals surface area contributed by atoms with E-state index < -0.39 is 10.2 Å². The van der Waals surface area contributed by atoms with Crippen LogP contribution in [0.2, 0.25) is 0 Å². The first kappa shape index (κ1) is 18.6. The third-order valence-corrected chi connectivity index (χ3v) is 7.75. The van der Waals surface area contributed by atoms with Crippen molar-refractivity contribution in [3.63, 3.8) is 0 Å². The number of fused-ring (bicyclic) bond motifs is 1. The summed E-state index contributed by atoms with van der Waals surface area (Å²) in [6.07, 6.45) is 6.88. The van der Waals surface area contributed by atoms with Gasteiger partial charge < -0.3 is 4.90 Å². The molecule has 2 aromatic rings. The number of nitrogens with zero attached hydrogens (tertiary/aromatic N) is 7. The van der Waals surface area contributed by atoms with E-state index in [0.717, 1.165) is 37.2 Å². The van der Waals surface area contributed by atoms with E-state index in [-0.39, 0.29) is 6.04 Å². The monoisotopic (exact) mass is 393 g/mol. The van der Waals surface area contributed by atoms with Gasteiger partial charge in [-0.3, -0.25) is 0 Å². The number of hydrogen-bond acceptors (Lipinski definition) is 6. The highest BCUT2D eigenvalue weighted by molar-refractivity contribution is 7.86. The molecular formula is C17H27N7O2S. The lowest BCUT2D eigenvalue weighted by molar-refractivity contribution is 0.259. The van der Waals surface area contributed by atoms with Gasteiger partial charge in [0.25, 0.3) is 16.0 Å². The number of anilines is 1. The molecule has 0 spiro atoms. The molecule has 0 unspecified atom stereocenters. The van der Waals surface area contributed by atoms with Crippen LogP contribution in [0.3, 0.4) is 0 Å². The molecule has 3 heterocycles. The summed E-state index contributed by atoms with van der Waals surface area (Å²) in [4.78, 5) is 10.7. The molecule has 1 saturated carbocycles. The van der Waals surface area contributed by atoms with Crippen LogP contribution in [-0.4, -0.2) is 75.9 Å². The molecule has 1 aliphatic heterocycles. The fourth-order valence-corrected chi connectivity index (χ4v) is 5.68. The van der Waals surface area contributed by atoms with E-state index in [1.807, 2.05) is 13.0 Å². The smallest absolute Gasteiger partial charge is 0.282 e. The van der Waals surface area contributed by atoms with Gasteiger partial charge in [-0.05, 0) is 19.8 Å². The van der Waals surface area contributed by atoms with E-state index in [4.69, 9.17) is 0 Å². The molecule has 0 radical (unpaired) electrons. The van der Waals surface area contributed by atoms with Crippen LogP contribution in [-0.2, 0) is 10.2 Å². The Morgan fingerprint density at radius 3 is 2.52 bits per heavy atom. The Kier molecular flexibility index (Phi) is 5.04. The molecule has 1 saturated heterocycles. The maximum absolute atomic E-state index is 13.0. The second-order valence-corrected chi connectivity index (χ2v) is 9.42. The topological polar surface area (TPSA) is 86.9 Å². The molecule has 0 N–H and O–H groups in total. The van der Waals surface area contributed by atoms with Crippen molar-refractivity contribution in [2.24, 2.45) is 0 Å². The summed E-state index contributed by atoms with van der Waals surface area (Å²) in [7, 11) is -1.68. The van der Waals surface area contributed by atoms with Crippen molar-refractivity contribution in [3.8, 4) is 0 Å². The predicted octanol–water partition coefficient (Wildman–Crippen LogP) is 1.06. The molecule has 2 fully saturated rings. The molecule has 4 rings (SSSR count). The molecule has 0 amide bonds. The first-order chi connectivity index (χ1) is 13.0. The van der Waals surface area contributed by atoms with Crippen molar-refractivity contribution < 1.29 is 8.42 Å². The van der Waals surface area contributed by atoms with Crippen LogP contribution >= 0.6 is 0 Å². The lowest BCUT2D eigenvalue weighted by Gasteiger charge is -2.39. The molecule has 27 heavy (non-hydrogen) atoms. The zero-order valence-electron chi connectivity index (χ0n) is 16.0. The minimum atomic E-state index is -3.41. The highest BCUT2D eigenvalue weighted by Crippen LogP contribution is 2.26. The van der Waals surface area contributed by atoms with E-state index >= 15 is 0 Å². The second kappa shape index (κ2) is 7.33. The van der Waals surface area contributed by atoms with Gasteiger partial charge in [-0.25, -0.2) is 4.98 Å². The number of aromatic nitrogens is 4. The lowest BCUT2D eigenvalue weighted by atomic mass is 9.96. The van der Waals surface area contributed by atoms with Crippen LogP contribution in [0.1, 0.15) is 37.8 Å². The number of hydrogen-bond donors (Lipinski definition) is 0. The predicted molar refractivity (Wildman–Crippen MR) is 103 cm³/mol. The van der Waals surface area contributed by atoms with Crippen molar-refractivity contribution in [1.29, 1.82) is 0 Å². The third-order valence-electron chi connectivity index (χ3n) is 5.70. The Hall–Kier alpha value is -1.78. The summed E-state index contributed by atoms with van der Waals surface area (Å²) in [5.41, 5.74) is 0.873. The molecule has 9 nitrogen and oxygen atoms in total. The van der Waals surface area contributed by atoms with E-state index in [1.165, 1.54) is 12.7 Å². The molecule has 0 atom stereocenters. The number of aryl methyl sites for hydroxylation is 1. The molecule has 2 aliphatic rings. The second-order valence-electron chi connectivity index (χ2n) is 7.43. The molecule has 2 aromatic heterocycles. The van der Waals surface area contributed by atoms with Crippen molar-refractivity contribution in [2.45, 2.75) is 45.1 Å². The molecule has 148 valence electrons. The van der Waals surface area contributed by atoms with Crippen LogP contribution in [0.5, 0.6) is 0 Å². The molecular weight excluding hydrogens is 366 g/mol. The highest BCUT2D eigenvalue weighted by atomic mass is 32.2. The zero-order valence-corrected chi connectivity index (χ0v) is 16.8. The molecule has 1 aliphatic carbocycles. The largest absolute Gasteiger partial charge is 0.354 e. The van der Waals surface area contributed by atoms with E-state index in [0.29, 0.717) is 32.0 Å². The Bertz CT molecular complexity index is 899. The third kappa shape index (κ3) is 3.53. The lowest BCUT2D eigenvalue weighted by Crippen LogP contribution is -2.54. The summed E-state index contributed by atoms with van der Waals surface area (Å²) in [5, 5.41) is 4.25. The zero-order chi connectivity index (χ0) is 19.0. The summed E-state index contributed by atoms with van der Waals surface area (Å²) in [6, 6.07) is 2.11. The first-order valence-electron chi connectivity index (χ1n) is 9.62. The van der Waals surface area contributed by atoms with E-state index in [1.54, 1.807) is 20.2 Å². The van der Waals surface area contributed by atoms with Gasteiger partial charge in [-0.2, -0.15) is 31.6 Å². The van der Waals surface area contributed by atoms with Gasteiger partial charge in [-0.15, -0.1) is 0 Å². The summed E-state index contributed by atoms with van der Waals surface area (Å²) in [6.45, 7) is 4.11. The molecule has 0 aromatic carbocycles. The van der Waals surface area contributed by atoms with Crippen LogP contribution in [0, 0.1) is 6.92 Å². The Balaban J connectivity index is 1.47. The van der Waals surface area contributed by atoms with Crippen LogP contribution in [0.4, 0.5) is 5.82 Å². The molecule has 0 bridgehead atoms. The number of rotatable bonds is 4. The quantitative estimate of drug-likeness (QED) is 0.772. The fourth-order valence-electron chi connectivity index (χ4n) is 4.10. The van der Waals surface area contributed by atoms with Crippen LogP contribution in [0.25, 0.3) is 5.78 Å². The maximum Gasteiger partial charge on any atom is 0.282 e. The fraction of sp³-hybridized carbons (Fsp3) is 0.706. The maximum atomic E-state index is 13.0. The normalized spacial score (nSPS) is 20.6. The van der Waals surface area contributed by atoms with Crippen molar-refractivity contribution in [2.75, 3.05) is 38.1 Å². The van der Waals surface area contributed by atoms with Crippen LogP contribution in [0.15, 0.2) is 12.4 Å². The average Bonchev–Trinajstić information content (AvgIpc) is 3.16. The summed E-state index contributed by atoms with van der Waals surface area (Å²) < 4.78 is 31.0. The minimum absolute atomic E-state index is 0.138. The van der Waals surface area contributed by atoms with Gasteiger partial charge in [0.15, 0.2) is 0 Å². The van der Waals surface area contributed by atoms with Gasteiger partial charge in [0.1, 0.15) is 12.1 Å². The Labute approximate surface area is 160 Å². The first-order valence-corrected chi connectivity index (χ1v) is 11.0. The van der Waals surface area contributed by atoms with Crippen molar-refractivity contribution in [3.05, 3.63) is 18.1 Å². The summed E-state index contributed by atoms with van der Waals surface area (Å²) in [5.74, 6) is 1.48. The minimum Gasteiger partial charge on any atom is -0.354 e.